The summed E-state index contributed by atoms with van der Waals surface area (Å²) in [5.41, 5.74) is 0.867. The predicted octanol–water partition coefficient (Wildman–Crippen LogP) is 1.74. The summed E-state index contributed by atoms with van der Waals surface area (Å²) in [5, 5.41) is 4.01. The second-order valence-corrected chi connectivity index (χ2v) is 5.20. The Bertz CT molecular complexity index is 547. The Hall–Kier alpha value is -1.79. The van der Waals surface area contributed by atoms with Crippen molar-refractivity contribution in [3.63, 3.8) is 0 Å². The predicted molar refractivity (Wildman–Crippen MR) is 72.8 cm³/mol. The number of rotatable bonds is 3. The van der Waals surface area contributed by atoms with E-state index in [0.29, 0.717) is 18.3 Å². The lowest BCUT2D eigenvalue weighted by molar-refractivity contribution is -0.0725. The minimum absolute atomic E-state index is 0.236. The van der Waals surface area contributed by atoms with Gasteiger partial charge in [-0.15, -0.1) is 0 Å². The van der Waals surface area contributed by atoms with Crippen molar-refractivity contribution in [3.05, 3.63) is 30.4 Å². The van der Waals surface area contributed by atoms with E-state index >= 15 is 0 Å². The van der Waals surface area contributed by atoms with Crippen LogP contribution in [0.4, 0.5) is 0 Å². The smallest absolute Gasteiger partial charge is 0.241 e. The van der Waals surface area contributed by atoms with Crippen LogP contribution in [0.2, 0.25) is 0 Å². The minimum atomic E-state index is 0.236. The van der Waals surface area contributed by atoms with Crippen molar-refractivity contribution < 1.29 is 9.26 Å². The molecule has 106 valence electrons. The van der Waals surface area contributed by atoms with Gasteiger partial charge < -0.3 is 9.26 Å². The maximum atomic E-state index is 5.71. The van der Waals surface area contributed by atoms with E-state index in [1.807, 2.05) is 12.1 Å². The molecular weight excluding hydrogens is 256 g/mol. The fourth-order valence-electron chi connectivity index (χ4n) is 2.54. The third kappa shape index (κ3) is 3.02. The second kappa shape index (κ2) is 5.68. The average Bonchev–Trinajstić information content (AvgIpc) is 2.87. The van der Waals surface area contributed by atoms with E-state index in [0.717, 1.165) is 18.7 Å². The molecule has 0 aromatic carbocycles. The molecule has 6 nitrogen and oxygen atoms in total. The maximum absolute atomic E-state index is 5.71. The molecule has 1 fully saturated rings. The van der Waals surface area contributed by atoms with Crippen molar-refractivity contribution in [2.75, 3.05) is 13.1 Å². The van der Waals surface area contributed by atoms with Crippen molar-refractivity contribution in [2.45, 2.75) is 32.6 Å². The van der Waals surface area contributed by atoms with Gasteiger partial charge in [-0.2, -0.15) is 4.98 Å². The van der Waals surface area contributed by atoms with Crippen LogP contribution in [0.25, 0.3) is 11.4 Å². The van der Waals surface area contributed by atoms with Crippen molar-refractivity contribution in [1.82, 2.24) is 20.0 Å². The molecule has 0 amide bonds. The molecule has 2 aromatic rings. The first kappa shape index (κ1) is 13.2. The van der Waals surface area contributed by atoms with Gasteiger partial charge in [-0.05, 0) is 26.0 Å². The largest absolute Gasteiger partial charge is 0.373 e. The highest BCUT2D eigenvalue weighted by Gasteiger charge is 2.23. The van der Waals surface area contributed by atoms with Crippen LogP contribution in [-0.4, -0.2) is 45.3 Å². The van der Waals surface area contributed by atoms with E-state index < -0.39 is 0 Å². The van der Waals surface area contributed by atoms with Crippen LogP contribution in [-0.2, 0) is 11.3 Å². The first-order valence-corrected chi connectivity index (χ1v) is 6.81. The van der Waals surface area contributed by atoms with Crippen LogP contribution < -0.4 is 0 Å². The van der Waals surface area contributed by atoms with Crippen LogP contribution in [0.3, 0.4) is 0 Å². The van der Waals surface area contributed by atoms with E-state index in [-0.39, 0.29) is 12.2 Å². The summed E-state index contributed by atoms with van der Waals surface area (Å²) < 4.78 is 11.0. The fraction of sp³-hybridized carbons (Fsp3) is 0.500. The quantitative estimate of drug-likeness (QED) is 0.849. The molecule has 0 unspecified atom stereocenters. The van der Waals surface area contributed by atoms with E-state index in [4.69, 9.17) is 9.26 Å². The van der Waals surface area contributed by atoms with Crippen molar-refractivity contribution in [3.8, 4) is 11.4 Å². The zero-order chi connectivity index (χ0) is 13.9. The molecule has 3 rings (SSSR count). The molecule has 6 heteroatoms. The average molecular weight is 274 g/mol. The van der Waals surface area contributed by atoms with Gasteiger partial charge >= 0.3 is 0 Å². The molecule has 3 heterocycles. The molecular formula is C14H18N4O2. The molecule has 1 aliphatic rings. The maximum Gasteiger partial charge on any atom is 0.241 e. The van der Waals surface area contributed by atoms with E-state index in [9.17, 15) is 0 Å². The molecule has 0 saturated carbocycles. The fourth-order valence-corrected chi connectivity index (χ4v) is 2.54. The van der Waals surface area contributed by atoms with Gasteiger partial charge in [-0.25, -0.2) is 0 Å². The molecule has 1 saturated heterocycles. The Morgan fingerprint density at radius 3 is 2.80 bits per heavy atom. The summed E-state index contributed by atoms with van der Waals surface area (Å²) in [7, 11) is 0. The summed E-state index contributed by atoms with van der Waals surface area (Å²) in [5.74, 6) is 1.22. The Kier molecular flexibility index (Phi) is 3.75. The second-order valence-electron chi connectivity index (χ2n) is 5.20. The zero-order valence-corrected chi connectivity index (χ0v) is 11.7. The number of hydrogen-bond donors (Lipinski definition) is 0. The standard InChI is InChI=1S/C14H18N4O2/c1-10-7-18(8-11(2)19-10)9-13-16-14(17-20-13)12-4-3-5-15-6-12/h3-6,10-11H,7-9H2,1-2H3/t10-,11+. The number of aromatic nitrogens is 3. The first-order chi connectivity index (χ1) is 9.70. The highest BCUT2D eigenvalue weighted by atomic mass is 16.5. The minimum Gasteiger partial charge on any atom is -0.373 e. The van der Waals surface area contributed by atoms with E-state index in [1.165, 1.54) is 0 Å². The highest BCUT2D eigenvalue weighted by molar-refractivity contribution is 5.51. The summed E-state index contributed by atoms with van der Waals surface area (Å²) in [6.45, 7) is 6.59. The molecule has 0 spiro atoms. The van der Waals surface area contributed by atoms with Crippen molar-refractivity contribution in [2.24, 2.45) is 0 Å². The van der Waals surface area contributed by atoms with Gasteiger partial charge in [0.05, 0.1) is 18.8 Å². The van der Waals surface area contributed by atoms with Gasteiger partial charge in [0.2, 0.25) is 11.7 Å². The van der Waals surface area contributed by atoms with E-state index in [2.05, 4.69) is 33.9 Å². The Morgan fingerprint density at radius 2 is 2.10 bits per heavy atom. The Balaban J connectivity index is 1.68. The van der Waals surface area contributed by atoms with Gasteiger partial charge in [-0.1, -0.05) is 5.16 Å². The van der Waals surface area contributed by atoms with Crippen molar-refractivity contribution in [1.29, 1.82) is 0 Å². The van der Waals surface area contributed by atoms with E-state index in [1.54, 1.807) is 12.4 Å². The molecule has 0 radical (unpaired) electrons. The number of ether oxygens (including phenoxy) is 1. The summed E-state index contributed by atoms with van der Waals surface area (Å²) in [6, 6.07) is 3.78. The van der Waals surface area contributed by atoms with Gasteiger partial charge in [0, 0.05) is 31.0 Å². The molecule has 0 bridgehead atoms. The molecule has 0 N–H and O–H groups in total. The van der Waals surface area contributed by atoms with Gasteiger partial charge in [-0.3, -0.25) is 9.88 Å². The summed E-state index contributed by atoms with van der Waals surface area (Å²) in [6.07, 6.45) is 3.92. The van der Waals surface area contributed by atoms with Crippen LogP contribution in [0.5, 0.6) is 0 Å². The Labute approximate surface area is 117 Å². The topological polar surface area (TPSA) is 64.3 Å². The van der Waals surface area contributed by atoms with Crippen molar-refractivity contribution >= 4 is 0 Å². The monoisotopic (exact) mass is 274 g/mol. The summed E-state index contributed by atoms with van der Waals surface area (Å²) >= 11 is 0. The van der Waals surface area contributed by atoms with Gasteiger partial charge in [0.15, 0.2) is 0 Å². The third-order valence-electron chi connectivity index (χ3n) is 3.24. The number of morpholine rings is 1. The molecule has 1 aliphatic heterocycles. The van der Waals surface area contributed by atoms with Crippen LogP contribution >= 0.6 is 0 Å². The lowest BCUT2D eigenvalue weighted by Crippen LogP contribution is -2.44. The lowest BCUT2D eigenvalue weighted by Gasteiger charge is -2.34. The van der Waals surface area contributed by atoms with Gasteiger partial charge in [0.25, 0.3) is 0 Å². The number of nitrogens with zero attached hydrogens (tertiary/aromatic N) is 4. The lowest BCUT2D eigenvalue weighted by atomic mass is 10.2. The van der Waals surface area contributed by atoms with Crippen LogP contribution in [0.15, 0.2) is 29.0 Å². The normalized spacial score (nSPS) is 23.9. The highest BCUT2D eigenvalue weighted by Crippen LogP contribution is 2.17. The van der Waals surface area contributed by atoms with Crippen LogP contribution in [0, 0.1) is 0 Å². The summed E-state index contributed by atoms with van der Waals surface area (Å²) in [4.78, 5) is 10.8. The third-order valence-corrected chi connectivity index (χ3v) is 3.24. The number of pyridine rings is 1. The first-order valence-electron chi connectivity index (χ1n) is 6.81. The molecule has 2 aromatic heterocycles. The molecule has 20 heavy (non-hydrogen) atoms. The number of hydrogen-bond acceptors (Lipinski definition) is 6. The zero-order valence-electron chi connectivity index (χ0n) is 11.7. The Morgan fingerprint density at radius 1 is 1.30 bits per heavy atom. The SMILES string of the molecule is C[C@@H]1CN(Cc2nc(-c3cccnc3)no2)C[C@H](C)O1. The van der Waals surface area contributed by atoms with Crippen LogP contribution in [0.1, 0.15) is 19.7 Å². The van der Waals surface area contributed by atoms with Gasteiger partial charge in [0.1, 0.15) is 0 Å². The molecule has 2 atom stereocenters. The molecule has 0 aliphatic carbocycles.